The number of fused-ring (bicyclic) bond motifs is 1. The maximum atomic E-state index is 13.5. The summed E-state index contributed by atoms with van der Waals surface area (Å²) in [5.74, 6) is 0.611. The second kappa shape index (κ2) is 12.0. The van der Waals surface area contributed by atoms with Crippen molar-refractivity contribution in [2.45, 2.75) is 13.3 Å². The van der Waals surface area contributed by atoms with Gasteiger partial charge in [-0.3, -0.25) is 14.6 Å². The molecule has 0 saturated carbocycles. The summed E-state index contributed by atoms with van der Waals surface area (Å²) < 4.78 is 12.1. The molecule has 1 aromatic heterocycles. The fourth-order valence-electron chi connectivity index (χ4n) is 3.70. The molecule has 2 heterocycles. The van der Waals surface area contributed by atoms with Crippen molar-refractivity contribution in [1.82, 2.24) is 9.88 Å². The highest BCUT2D eigenvalue weighted by Crippen LogP contribution is 2.35. The van der Waals surface area contributed by atoms with Gasteiger partial charge in [0.15, 0.2) is 5.13 Å². The Labute approximate surface area is 203 Å². The number of thiazole rings is 1. The first-order valence-corrected chi connectivity index (χ1v) is 11.7. The van der Waals surface area contributed by atoms with Crippen molar-refractivity contribution in [2.24, 2.45) is 0 Å². The van der Waals surface area contributed by atoms with Gasteiger partial charge in [-0.15, -0.1) is 12.4 Å². The summed E-state index contributed by atoms with van der Waals surface area (Å²) in [5.41, 5.74) is 1.85. The number of benzene rings is 2. The van der Waals surface area contributed by atoms with Crippen LogP contribution in [-0.4, -0.2) is 61.8 Å². The van der Waals surface area contributed by atoms with Gasteiger partial charge in [-0.05, 0) is 49.7 Å². The Bertz CT molecular complexity index is 1110. The van der Waals surface area contributed by atoms with Crippen LogP contribution in [0.1, 0.15) is 29.3 Å². The maximum absolute atomic E-state index is 13.5. The molecule has 7 nitrogen and oxygen atoms in total. The van der Waals surface area contributed by atoms with E-state index in [1.807, 2.05) is 25.1 Å². The first-order valence-electron chi connectivity index (χ1n) is 10.8. The van der Waals surface area contributed by atoms with E-state index in [4.69, 9.17) is 19.7 Å². The maximum Gasteiger partial charge on any atom is 0.260 e. The van der Waals surface area contributed by atoms with E-state index in [2.05, 4.69) is 11.0 Å². The molecule has 0 bridgehead atoms. The van der Waals surface area contributed by atoms with Gasteiger partial charge in [-0.1, -0.05) is 17.4 Å². The summed E-state index contributed by atoms with van der Waals surface area (Å²) in [6.07, 6.45) is 0.830. The van der Waals surface area contributed by atoms with Crippen LogP contribution in [0, 0.1) is 11.3 Å². The lowest BCUT2D eigenvalue weighted by Crippen LogP contribution is -2.39. The van der Waals surface area contributed by atoms with Crippen molar-refractivity contribution in [3.63, 3.8) is 0 Å². The van der Waals surface area contributed by atoms with Gasteiger partial charge in [-0.25, -0.2) is 4.98 Å². The number of hydrogen-bond acceptors (Lipinski definition) is 7. The van der Waals surface area contributed by atoms with Crippen LogP contribution in [0.2, 0.25) is 0 Å². The number of nitriles is 1. The summed E-state index contributed by atoms with van der Waals surface area (Å²) in [6, 6.07) is 14.7. The molecule has 1 aliphatic heterocycles. The van der Waals surface area contributed by atoms with E-state index >= 15 is 0 Å². The molecule has 3 aromatic rings. The summed E-state index contributed by atoms with van der Waals surface area (Å²) in [7, 11) is 0. The number of hydrogen-bond donors (Lipinski definition) is 0. The highest BCUT2D eigenvalue weighted by molar-refractivity contribution is 7.22. The van der Waals surface area contributed by atoms with Gasteiger partial charge in [-0.2, -0.15) is 5.26 Å². The predicted molar refractivity (Wildman–Crippen MR) is 133 cm³/mol. The third-order valence-electron chi connectivity index (χ3n) is 5.37. The van der Waals surface area contributed by atoms with Gasteiger partial charge < -0.3 is 9.47 Å². The van der Waals surface area contributed by atoms with Crippen molar-refractivity contribution in [2.75, 3.05) is 50.9 Å². The third-order valence-corrected chi connectivity index (χ3v) is 6.41. The number of carbonyl (C=O) groups excluding carboxylic acids is 1. The predicted octanol–water partition coefficient (Wildman–Crippen LogP) is 4.36. The van der Waals surface area contributed by atoms with E-state index in [0.717, 1.165) is 55.2 Å². The number of rotatable bonds is 8. The zero-order valence-electron chi connectivity index (χ0n) is 18.5. The van der Waals surface area contributed by atoms with Gasteiger partial charge >= 0.3 is 0 Å². The van der Waals surface area contributed by atoms with Crippen LogP contribution >= 0.6 is 23.7 Å². The van der Waals surface area contributed by atoms with E-state index in [-0.39, 0.29) is 18.3 Å². The molecule has 4 rings (SSSR count). The molecule has 2 aromatic carbocycles. The molecule has 0 atom stereocenters. The molecule has 1 saturated heterocycles. The smallest absolute Gasteiger partial charge is 0.260 e. The monoisotopic (exact) mass is 486 g/mol. The lowest BCUT2D eigenvalue weighted by molar-refractivity contribution is 0.0376. The molecule has 0 spiro atoms. The zero-order chi connectivity index (χ0) is 22.3. The molecule has 0 aliphatic carbocycles. The van der Waals surface area contributed by atoms with Crippen LogP contribution in [0.5, 0.6) is 5.75 Å². The average Bonchev–Trinajstić information content (AvgIpc) is 3.27. The number of ether oxygens (including phenoxy) is 2. The van der Waals surface area contributed by atoms with Crippen LogP contribution in [0.3, 0.4) is 0 Å². The van der Waals surface area contributed by atoms with E-state index in [9.17, 15) is 4.79 Å². The Morgan fingerprint density at radius 3 is 2.70 bits per heavy atom. The lowest BCUT2D eigenvalue weighted by Gasteiger charge is -2.27. The van der Waals surface area contributed by atoms with Crippen LogP contribution < -0.4 is 9.64 Å². The molecule has 33 heavy (non-hydrogen) atoms. The van der Waals surface area contributed by atoms with E-state index < -0.39 is 0 Å². The fourth-order valence-corrected chi connectivity index (χ4v) is 4.71. The minimum absolute atomic E-state index is 0. The van der Waals surface area contributed by atoms with E-state index in [1.165, 1.54) is 11.3 Å². The van der Waals surface area contributed by atoms with Crippen LogP contribution in [0.25, 0.3) is 10.2 Å². The van der Waals surface area contributed by atoms with E-state index in [0.29, 0.717) is 29.4 Å². The normalized spacial score (nSPS) is 13.8. The molecule has 9 heteroatoms. The summed E-state index contributed by atoms with van der Waals surface area (Å²) >= 11 is 1.49. The minimum Gasteiger partial charge on any atom is -0.492 e. The highest BCUT2D eigenvalue weighted by Gasteiger charge is 2.23. The fraction of sp³-hybridized carbons (Fsp3) is 0.375. The van der Waals surface area contributed by atoms with Crippen LogP contribution in [0.4, 0.5) is 5.13 Å². The zero-order valence-corrected chi connectivity index (χ0v) is 20.2. The number of nitrogens with zero attached hydrogens (tertiary/aromatic N) is 4. The minimum atomic E-state index is -0.117. The standard InChI is InChI=1S/C24H26N4O3S.ClH/c1-2-31-20-5-3-6-21-22(20)26-24(32-21)28(12-4-11-27-13-15-30-16-14-27)23(29)19-9-7-18(17-25)8-10-19;/h3,5-10H,2,4,11-16H2,1H3;1H. The summed E-state index contributed by atoms with van der Waals surface area (Å²) in [5, 5.41) is 9.72. The van der Waals surface area contributed by atoms with Crippen molar-refractivity contribution < 1.29 is 14.3 Å². The van der Waals surface area contributed by atoms with Gasteiger partial charge in [0.2, 0.25) is 0 Å². The van der Waals surface area contributed by atoms with Crippen molar-refractivity contribution >= 4 is 45.0 Å². The molecule has 0 N–H and O–H groups in total. The molecule has 1 aliphatic rings. The molecule has 1 amide bonds. The molecule has 1 fully saturated rings. The molecular weight excluding hydrogens is 460 g/mol. The summed E-state index contributed by atoms with van der Waals surface area (Å²) in [4.78, 5) is 22.4. The first kappa shape index (κ1) is 24.9. The Morgan fingerprint density at radius 2 is 2.00 bits per heavy atom. The van der Waals surface area contributed by atoms with Gasteiger partial charge in [0.25, 0.3) is 5.91 Å². The molecule has 0 radical (unpaired) electrons. The Kier molecular flexibility index (Phi) is 9.03. The Hall–Kier alpha value is -2.70. The third kappa shape index (κ3) is 6.01. The number of carbonyl (C=O) groups is 1. The van der Waals surface area contributed by atoms with Crippen LogP contribution in [-0.2, 0) is 4.74 Å². The van der Waals surface area contributed by atoms with Gasteiger partial charge in [0, 0.05) is 31.7 Å². The van der Waals surface area contributed by atoms with Crippen LogP contribution in [0.15, 0.2) is 42.5 Å². The van der Waals surface area contributed by atoms with Crippen molar-refractivity contribution in [1.29, 1.82) is 5.26 Å². The highest BCUT2D eigenvalue weighted by atomic mass is 35.5. The molecule has 0 unspecified atom stereocenters. The topological polar surface area (TPSA) is 78.7 Å². The number of amides is 1. The summed E-state index contributed by atoms with van der Waals surface area (Å²) in [6.45, 7) is 7.30. The van der Waals surface area contributed by atoms with Crippen molar-refractivity contribution in [3.8, 4) is 11.8 Å². The number of aromatic nitrogens is 1. The number of morpholine rings is 1. The number of anilines is 1. The molecular formula is C24H27ClN4O3S. The lowest BCUT2D eigenvalue weighted by atomic mass is 10.1. The van der Waals surface area contributed by atoms with E-state index in [1.54, 1.807) is 29.2 Å². The number of para-hydroxylation sites is 1. The molecule has 174 valence electrons. The quantitative estimate of drug-likeness (QED) is 0.470. The first-order chi connectivity index (χ1) is 15.7. The van der Waals surface area contributed by atoms with Gasteiger partial charge in [0.05, 0.1) is 36.2 Å². The Balaban J connectivity index is 0.00000306. The largest absolute Gasteiger partial charge is 0.492 e. The van der Waals surface area contributed by atoms with Gasteiger partial charge in [0.1, 0.15) is 11.3 Å². The average molecular weight is 487 g/mol. The second-order valence-electron chi connectivity index (χ2n) is 7.49. The van der Waals surface area contributed by atoms with Crippen molar-refractivity contribution in [3.05, 3.63) is 53.6 Å². The second-order valence-corrected chi connectivity index (χ2v) is 8.49. The SMILES string of the molecule is CCOc1cccc2sc(N(CCCN3CCOCC3)C(=O)c3ccc(C#N)cc3)nc12.Cl. The Morgan fingerprint density at radius 1 is 1.24 bits per heavy atom. The number of halogens is 1.